The largest absolute Gasteiger partial charge is 0.396 e. The van der Waals surface area contributed by atoms with Crippen molar-refractivity contribution in [3.8, 4) is 0 Å². The fourth-order valence-corrected chi connectivity index (χ4v) is 2.68. The maximum atomic E-state index is 11.8. The number of halogens is 1. The number of nitrogens with one attached hydrogen (secondary N) is 3. The molecule has 1 amide bonds. The van der Waals surface area contributed by atoms with Gasteiger partial charge < -0.3 is 21.1 Å². The van der Waals surface area contributed by atoms with E-state index in [0.29, 0.717) is 31.2 Å². The number of aliphatic imine (C=N–C) groups is 1. The van der Waals surface area contributed by atoms with Gasteiger partial charge in [0.05, 0.1) is 6.61 Å². The molecule has 0 heterocycles. The van der Waals surface area contributed by atoms with E-state index in [1.807, 2.05) is 61.5 Å². The third-order valence-electron chi connectivity index (χ3n) is 4.24. The molecule has 152 valence electrons. The maximum Gasteiger partial charge on any atom is 0.251 e. The lowest BCUT2D eigenvalue weighted by Crippen LogP contribution is -2.39. The molecule has 7 heteroatoms. The second kappa shape index (κ2) is 13.1. The van der Waals surface area contributed by atoms with Crippen molar-refractivity contribution in [3.63, 3.8) is 0 Å². The van der Waals surface area contributed by atoms with Gasteiger partial charge in [0.1, 0.15) is 0 Å². The molecule has 0 saturated heterocycles. The normalized spacial score (nSPS) is 11.9. The van der Waals surface area contributed by atoms with E-state index in [-0.39, 0.29) is 42.4 Å². The zero-order chi connectivity index (χ0) is 19.5. The first-order valence-corrected chi connectivity index (χ1v) is 9.15. The summed E-state index contributed by atoms with van der Waals surface area (Å²) in [7, 11) is 1.71. The highest BCUT2D eigenvalue weighted by atomic mass is 127. The van der Waals surface area contributed by atoms with Gasteiger partial charge in [0.15, 0.2) is 5.96 Å². The fourth-order valence-electron chi connectivity index (χ4n) is 2.68. The molecule has 0 radical (unpaired) electrons. The molecule has 6 nitrogen and oxygen atoms in total. The van der Waals surface area contributed by atoms with Gasteiger partial charge in [-0.15, -0.1) is 24.0 Å². The van der Waals surface area contributed by atoms with E-state index in [2.05, 4.69) is 20.9 Å². The first-order valence-electron chi connectivity index (χ1n) is 9.15. The van der Waals surface area contributed by atoms with Gasteiger partial charge in [0, 0.05) is 38.2 Å². The Labute approximate surface area is 183 Å². The molecular weight excluding hydrogens is 467 g/mol. The molecule has 28 heavy (non-hydrogen) atoms. The smallest absolute Gasteiger partial charge is 0.251 e. The molecule has 1 atom stereocenters. The number of rotatable bonds is 8. The number of hydrogen-bond donors (Lipinski definition) is 4. The Morgan fingerprint density at radius 2 is 1.71 bits per heavy atom. The first-order chi connectivity index (χ1) is 13.2. The van der Waals surface area contributed by atoms with Crippen molar-refractivity contribution in [2.75, 3.05) is 26.7 Å². The summed E-state index contributed by atoms with van der Waals surface area (Å²) in [6.45, 7) is 3.74. The van der Waals surface area contributed by atoms with Crippen molar-refractivity contribution in [2.24, 2.45) is 4.99 Å². The molecule has 0 spiro atoms. The van der Waals surface area contributed by atoms with Crippen LogP contribution in [-0.2, 0) is 6.54 Å². The standard InChI is InChI=1S/C21H28N4O2.HI/c1-3-23-20(27)18-11-9-16(10-12-18)13-24-21(22-2)25-14-19(15-26)17-7-5-4-6-8-17;/h4-12,19,26H,3,13-15H2,1-2H3,(H,23,27)(H2,22,24,25);1H. The van der Waals surface area contributed by atoms with E-state index >= 15 is 0 Å². The fraction of sp³-hybridized carbons (Fsp3) is 0.333. The second-order valence-electron chi connectivity index (χ2n) is 6.15. The van der Waals surface area contributed by atoms with Crippen LogP contribution in [-0.4, -0.2) is 43.7 Å². The number of aliphatic hydroxyl groups is 1. The maximum absolute atomic E-state index is 11.8. The van der Waals surface area contributed by atoms with Gasteiger partial charge >= 0.3 is 0 Å². The predicted octanol–water partition coefficient (Wildman–Crippen LogP) is 2.50. The van der Waals surface area contributed by atoms with Crippen molar-refractivity contribution < 1.29 is 9.90 Å². The Hall–Kier alpha value is -2.13. The van der Waals surface area contributed by atoms with Gasteiger partial charge in [0.25, 0.3) is 5.91 Å². The highest BCUT2D eigenvalue weighted by Crippen LogP contribution is 2.13. The molecule has 1 unspecified atom stereocenters. The third-order valence-corrected chi connectivity index (χ3v) is 4.24. The third kappa shape index (κ3) is 7.47. The summed E-state index contributed by atoms with van der Waals surface area (Å²) in [5, 5.41) is 18.9. The Balaban J connectivity index is 0.00000392. The minimum Gasteiger partial charge on any atom is -0.396 e. The highest BCUT2D eigenvalue weighted by molar-refractivity contribution is 14.0. The monoisotopic (exact) mass is 496 g/mol. The summed E-state index contributed by atoms with van der Waals surface area (Å²) in [6.07, 6.45) is 0. The van der Waals surface area contributed by atoms with E-state index in [1.54, 1.807) is 7.05 Å². The summed E-state index contributed by atoms with van der Waals surface area (Å²) < 4.78 is 0. The van der Waals surface area contributed by atoms with E-state index in [0.717, 1.165) is 11.1 Å². The number of nitrogens with zero attached hydrogens (tertiary/aromatic N) is 1. The molecule has 0 aliphatic carbocycles. The molecule has 0 bridgehead atoms. The van der Waals surface area contributed by atoms with Crippen LogP contribution in [0.25, 0.3) is 0 Å². The van der Waals surface area contributed by atoms with Gasteiger partial charge in [-0.1, -0.05) is 42.5 Å². The number of aliphatic hydroxyl groups excluding tert-OH is 1. The average molecular weight is 496 g/mol. The Kier molecular flexibility index (Phi) is 11.2. The van der Waals surface area contributed by atoms with Crippen LogP contribution in [0.2, 0.25) is 0 Å². The van der Waals surface area contributed by atoms with Gasteiger partial charge in [-0.3, -0.25) is 9.79 Å². The van der Waals surface area contributed by atoms with Gasteiger partial charge in [-0.2, -0.15) is 0 Å². The van der Waals surface area contributed by atoms with Crippen LogP contribution in [0.5, 0.6) is 0 Å². The Morgan fingerprint density at radius 3 is 2.29 bits per heavy atom. The van der Waals surface area contributed by atoms with Crippen LogP contribution in [0.1, 0.15) is 34.3 Å². The molecule has 0 aromatic heterocycles. The van der Waals surface area contributed by atoms with Crippen molar-refractivity contribution >= 4 is 35.8 Å². The number of hydrogen-bond acceptors (Lipinski definition) is 3. The van der Waals surface area contributed by atoms with Gasteiger partial charge in [-0.05, 0) is 30.2 Å². The topological polar surface area (TPSA) is 85.8 Å². The highest BCUT2D eigenvalue weighted by Gasteiger charge is 2.11. The first kappa shape index (κ1) is 23.9. The van der Waals surface area contributed by atoms with Gasteiger partial charge in [-0.25, -0.2) is 0 Å². The number of guanidine groups is 1. The summed E-state index contributed by atoms with van der Waals surface area (Å²) in [4.78, 5) is 16.0. The lowest BCUT2D eigenvalue weighted by atomic mass is 10.0. The van der Waals surface area contributed by atoms with Crippen LogP contribution in [0, 0.1) is 0 Å². The molecule has 4 N–H and O–H groups in total. The Morgan fingerprint density at radius 1 is 1.04 bits per heavy atom. The second-order valence-corrected chi connectivity index (χ2v) is 6.15. The molecule has 2 aromatic rings. The van der Waals surface area contributed by atoms with Crippen molar-refractivity contribution in [1.82, 2.24) is 16.0 Å². The van der Waals surface area contributed by atoms with Crippen LogP contribution in [0.4, 0.5) is 0 Å². The molecule has 0 aliphatic heterocycles. The zero-order valence-electron chi connectivity index (χ0n) is 16.3. The van der Waals surface area contributed by atoms with Crippen molar-refractivity contribution in [1.29, 1.82) is 0 Å². The number of carbonyl (C=O) groups is 1. The van der Waals surface area contributed by atoms with E-state index in [4.69, 9.17) is 0 Å². The van der Waals surface area contributed by atoms with Gasteiger partial charge in [0.2, 0.25) is 0 Å². The van der Waals surface area contributed by atoms with Crippen LogP contribution < -0.4 is 16.0 Å². The molecule has 2 aromatic carbocycles. The molecule has 2 rings (SSSR count). The van der Waals surface area contributed by atoms with E-state index < -0.39 is 0 Å². The predicted molar refractivity (Wildman–Crippen MR) is 124 cm³/mol. The van der Waals surface area contributed by atoms with Crippen LogP contribution in [0.15, 0.2) is 59.6 Å². The SMILES string of the molecule is CCNC(=O)c1ccc(CNC(=NC)NCC(CO)c2ccccc2)cc1.I. The number of amides is 1. The van der Waals surface area contributed by atoms with Crippen molar-refractivity contribution in [2.45, 2.75) is 19.4 Å². The minimum absolute atomic E-state index is 0. The number of benzene rings is 2. The summed E-state index contributed by atoms with van der Waals surface area (Å²) >= 11 is 0. The lowest BCUT2D eigenvalue weighted by molar-refractivity contribution is 0.0956. The summed E-state index contributed by atoms with van der Waals surface area (Å²) in [5.74, 6) is 0.601. The summed E-state index contributed by atoms with van der Waals surface area (Å²) in [6, 6.07) is 17.4. The van der Waals surface area contributed by atoms with Crippen LogP contribution in [0.3, 0.4) is 0 Å². The van der Waals surface area contributed by atoms with Crippen LogP contribution >= 0.6 is 24.0 Å². The van der Waals surface area contributed by atoms with E-state index in [9.17, 15) is 9.90 Å². The zero-order valence-corrected chi connectivity index (χ0v) is 18.6. The lowest BCUT2D eigenvalue weighted by Gasteiger charge is -2.18. The quantitative estimate of drug-likeness (QED) is 0.257. The number of carbonyl (C=O) groups excluding carboxylic acids is 1. The molecule has 0 fully saturated rings. The van der Waals surface area contributed by atoms with Crippen molar-refractivity contribution in [3.05, 3.63) is 71.3 Å². The molecule has 0 aliphatic rings. The molecule has 0 saturated carbocycles. The summed E-state index contributed by atoms with van der Waals surface area (Å²) in [5.41, 5.74) is 2.79. The molecular formula is C21H29IN4O2. The minimum atomic E-state index is -0.0644. The average Bonchev–Trinajstić information content (AvgIpc) is 2.72. The Bertz CT molecular complexity index is 736. The van der Waals surface area contributed by atoms with E-state index in [1.165, 1.54) is 0 Å².